The molecule has 4 nitrogen and oxygen atoms in total. The van der Waals surface area contributed by atoms with E-state index in [1.54, 1.807) is 24.3 Å². The Bertz CT molecular complexity index is 812. The topological polar surface area (TPSA) is 54.0 Å². The number of nitrogens with zero attached hydrogens (tertiary/aromatic N) is 1. The number of amides is 1. The van der Waals surface area contributed by atoms with Crippen molar-refractivity contribution in [3.05, 3.63) is 36.0 Å². The third-order valence-corrected chi connectivity index (χ3v) is 4.96. The van der Waals surface area contributed by atoms with Gasteiger partial charge in [0.05, 0.1) is 5.52 Å². The molecule has 0 atom stereocenters. The summed E-state index contributed by atoms with van der Waals surface area (Å²) in [6.07, 6.45) is -1.28. The largest absolute Gasteiger partial charge is 0.433 e. The van der Waals surface area contributed by atoms with Gasteiger partial charge in [0.25, 0.3) is 0 Å². The van der Waals surface area contributed by atoms with Crippen molar-refractivity contribution in [3.8, 4) is 0 Å². The van der Waals surface area contributed by atoms with E-state index < -0.39 is 11.9 Å². The Morgan fingerprint density at radius 2 is 1.74 bits per heavy atom. The average molecular weight is 379 g/mol. The third-order valence-electron chi connectivity index (χ3n) is 4.96. The average Bonchev–Trinajstić information content (AvgIpc) is 2.62. The fraction of sp³-hybridized carbons (Fsp3) is 0.500. The Morgan fingerprint density at radius 1 is 1.11 bits per heavy atom. The first-order valence-corrected chi connectivity index (χ1v) is 9.28. The summed E-state index contributed by atoms with van der Waals surface area (Å²) in [5.41, 5.74) is -0.100. The predicted molar refractivity (Wildman–Crippen MR) is 99.4 cm³/mol. The maximum Gasteiger partial charge on any atom is 0.433 e. The van der Waals surface area contributed by atoms with Gasteiger partial charge in [0, 0.05) is 29.1 Å². The summed E-state index contributed by atoms with van der Waals surface area (Å²) in [4.78, 5) is 15.6. The van der Waals surface area contributed by atoms with Gasteiger partial charge in [-0.25, -0.2) is 4.98 Å². The molecule has 146 valence electrons. The van der Waals surface area contributed by atoms with Crippen LogP contribution in [0.5, 0.6) is 0 Å². The molecule has 1 amide bonds. The molecule has 1 fully saturated rings. The van der Waals surface area contributed by atoms with Gasteiger partial charge in [-0.15, -0.1) is 0 Å². The van der Waals surface area contributed by atoms with E-state index in [0.717, 1.165) is 31.7 Å². The number of anilines is 1. The van der Waals surface area contributed by atoms with Gasteiger partial charge in [-0.3, -0.25) is 4.79 Å². The first kappa shape index (κ1) is 19.5. The number of halogens is 3. The zero-order valence-corrected chi connectivity index (χ0v) is 15.4. The summed E-state index contributed by atoms with van der Waals surface area (Å²) < 4.78 is 39.5. The van der Waals surface area contributed by atoms with Crippen molar-refractivity contribution in [2.75, 3.05) is 5.32 Å². The molecule has 27 heavy (non-hydrogen) atoms. The monoisotopic (exact) mass is 379 g/mol. The first-order valence-electron chi connectivity index (χ1n) is 9.28. The van der Waals surface area contributed by atoms with Crippen molar-refractivity contribution in [1.29, 1.82) is 0 Å². The van der Waals surface area contributed by atoms with Crippen molar-refractivity contribution < 1.29 is 18.0 Å². The lowest BCUT2D eigenvalue weighted by molar-refractivity contribution is -0.140. The quantitative estimate of drug-likeness (QED) is 0.806. The van der Waals surface area contributed by atoms with E-state index in [1.165, 1.54) is 0 Å². The fourth-order valence-corrected chi connectivity index (χ4v) is 3.41. The molecule has 0 aliphatic heterocycles. The van der Waals surface area contributed by atoms with Gasteiger partial charge in [0.1, 0.15) is 5.69 Å². The second kappa shape index (κ2) is 7.74. The highest BCUT2D eigenvalue weighted by atomic mass is 19.4. The Balaban J connectivity index is 1.73. The fourth-order valence-electron chi connectivity index (χ4n) is 3.41. The molecular formula is C20H24F3N3O. The van der Waals surface area contributed by atoms with Crippen LogP contribution in [0.4, 0.5) is 18.9 Å². The summed E-state index contributed by atoms with van der Waals surface area (Å²) in [5.74, 6) is -0.00817. The van der Waals surface area contributed by atoms with Gasteiger partial charge in [-0.05, 0) is 37.8 Å². The number of carbonyl (C=O) groups excluding carboxylic acids is 1. The molecule has 0 saturated heterocycles. The lowest BCUT2D eigenvalue weighted by Gasteiger charge is -2.31. The zero-order chi connectivity index (χ0) is 19.6. The molecule has 2 aromatic rings. The first-order chi connectivity index (χ1) is 12.7. The van der Waals surface area contributed by atoms with Crippen molar-refractivity contribution in [2.24, 2.45) is 5.92 Å². The number of hydrogen-bond acceptors (Lipinski definition) is 3. The number of aromatic nitrogens is 1. The van der Waals surface area contributed by atoms with Gasteiger partial charge < -0.3 is 10.6 Å². The van der Waals surface area contributed by atoms with Gasteiger partial charge >= 0.3 is 6.18 Å². The Labute approximate surface area is 156 Å². The predicted octanol–water partition coefficient (Wildman–Crippen LogP) is 4.75. The van der Waals surface area contributed by atoms with E-state index >= 15 is 0 Å². The maximum absolute atomic E-state index is 13.2. The number of benzene rings is 1. The summed E-state index contributed by atoms with van der Waals surface area (Å²) in [6, 6.07) is 8.15. The van der Waals surface area contributed by atoms with Crippen LogP contribution in [-0.2, 0) is 11.0 Å². The molecule has 1 saturated carbocycles. The van der Waals surface area contributed by atoms with Crippen LogP contribution in [0.15, 0.2) is 30.3 Å². The van der Waals surface area contributed by atoms with Crippen molar-refractivity contribution in [1.82, 2.24) is 10.3 Å². The van der Waals surface area contributed by atoms with Crippen molar-refractivity contribution in [3.63, 3.8) is 0 Å². The number of pyridine rings is 1. The molecule has 1 aromatic carbocycles. The lowest BCUT2D eigenvalue weighted by atomic mass is 9.90. The minimum atomic E-state index is -4.49. The summed E-state index contributed by atoms with van der Waals surface area (Å²) >= 11 is 0. The van der Waals surface area contributed by atoms with Crippen LogP contribution in [0.2, 0.25) is 0 Å². The number of fused-ring (bicyclic) bond motifs is 1. The van der Waals surface area contributed by atoms with Crippen LogP contribution < -0.4 is 10.6 Å². The second-order valence-corrected chi connectivity index (χ2v) is 7.43. The minimum Gasteiger partial charge on any atom is -0.382 e. The smallest absolute Gasteiger partial charge is 0.382 e. The molecule has 1 aliphatic carbocycles. The van der Waals surface area contributed by atoms with Crippen LogP contribution in [-0.4, -0.2) is 23.0 Å². The van der Waals surface area contributed by atoms with E-state index in [2.05, 4.69) is 15.6 Å². The maximum atomic E-state index is 13.2. The van der Waals surface area contributed by atoms with E-state index in [1.807, 2.05) is 13.8 Å². The van der Waals surface area contributed by atoms with E-state index in [9.17, 15) is 18.0 Å². The van der Waals surface area contributed by atoms with Crippen LogP contribution in [0, 0.1) is 5.92 Å². The molecule has 0 radical (unpaired) electrons. The number of hydrogen-bond donors (Lipinski definition) is 2. The number of rotatable bonds is 4. The van der Waals surface area contributed by atoms with Crippen LogP contribution in [0.1, 0.15) is 45.2 Å². The van der Waals surface area contributed by atoms with E-state index in [4.69, 9.17) is 0 Å². The van der Waals surface area contributed by atoms with Crippen LogP contribution >= 0.6 is 0 Å². The Hall–Kier alpha value is -2.31. The zero-order valence-electron chi connectivity index (χ0n) is 15.4. The number of alkyl halides is 3. The molecule has 7 heteroatoms. The third kappa shape index (κ3) is 4.70. The van der Waals surface area contributed by atoms with Gasteiger partial charge in [0.15, 0.2) is 0 Å². The van der Waals surface area contributed by atoms with Gasteiger partial charge in [0.2, 0.25) is 5.91 Å². The highest BCUT2D eigenvalue weighted by Crippen LogP contribution is 2.34. The Kier molecular flexibility index (Phi) is 5.58. The normalized spacial score (nSPS) is 20.7. The highest BCUT2D eigenvalue weighted by molar-refractivity contribution is 5.91. The Morgan fingerprint density at radius 3 is 2.37 bits per heavy atom. The summed E-state index contributed by atoms with van der Waals surface area (Å²) in [7, 11) is 0. The SMILES string of the molecule is CC(C)C(=O)NC1CCC(Nc2cc(C(F)(F)F)nc3ccccc23)CC1. The molecule has 0 bridgehead atoms. The van der Waals surface area contributed by atoms with Crippen LogP contribution in [0.25, 0.3) is 10.9 Å². The molecule has 1 heterocycles. The molecule has 0 spiro atoms. The molecule has 0 unspecified atom stereocenters. The molecular weight excluding hydrogens is 355 g/mol. The van der Waals surface area contributed by atoms with Crippen LogP contribution in [0.3, 0.4) is 0 Å². The number of nitrogens with one attached hydrogen (secondary N) is 2. The second-order valence-electron chi connectivity index (χ2n) is 7.43. The number of para-hydroxylation sites is 1. The standard InChI is InChI=1S/C20H24F3N3O/c1-12(2)19(27)25-14-9-7-13(8-10-14)24-17-11-18(20(21,22)23)26-16-6-4-3-5-15(16)17/h3-6,11-14H,7-10H2,1-2H3,(H,24,26)(H,25,27). The van der Waals surface area contributed by atoms with Crippen molar-refractivity contribution >= 4 is 22.5 Å². The van der Waals surface area contributed by atoms with Gasteiger partial charge in [-0.1, -0.05) is 32.0 Å². The van der Waals surface area contributed by atoms with Gasteiger partial charge in [-0.2, -0.15) is 13.2 Å². The molecule has 2 N–H and O–H groups in total. The lowest BCUT2D eigenvalue weighted by Crippen LogP contribution is -2.41. The number of carbonyl (C=O) groups is 1. The molecule has 1 aliphatic rings. The minimum absolute atomic E-state index is 0.0429. The highest BCUT2D eigenvalue weighted by Gasteiger charge is 2.33. The molecule has 3 rings (SSSR count). The summed E-state index contributed by atoms with van der Waals surface area (Å²) in [5, 5.41) is 7.00. The van der Waals surface area contributed by atoms with E-state index in [-0.39, 0.29) is 23.9 Å². The molecule has 1 aromatic heterocycles. The van der Waals surface area contributed by atoms with Crippen molar-refractivity contribution in [2.45, 2.75) is 57.8 Å². The van der Waals surface area contributed by atoms with E-state index in [0.29, 0.717) is 16.6 Å². The summed E-state index contributed by atoms with van der Waals surface area (Å²) in [6.45, 7) is 3.71.